The SMILES string of the molecule is Cc1cnn(CC(=O)Nc2nnnn2C)c1. The van der Waals surface area contributed by atoms with Crippen molar-refractivity contribution in [3.8, 4) is 0 Å². The van der Waals surface area contributed by atoms with Crippen molar-refractivity contribution in [2.75, 3.05) is 5.32 Å². The minimum Gasteiger partial charge on any atom is -0.292 e. The van der Waals surface area contributed by atoms with Crippen molar-refractivity contribution in [1.29, 1.82) is 0 Å². The van der Waals surface area contributed by atoms with Crippen LogP contribution in [0.4, 0.5) is 5.95 Å². The summed E-state index contributed by atoms with van der Waals surface area (Å²) in [5.41, 5.74) is 1.01. The van der Waals surface area contributed by atoms with Crippen LogP contribution in [0.5, 0.6) is 0 Å². The molecule has 2 rings (SSSR count). The van der Waals surface area contributed by atoms with Crippen molar-refractivity contribution in [2.24, 2.45) is 7.05 Å². The van der Waals surface area contributed by atoms with E-state index in [4.69, 9.17) is 0 Å². The van der Waals surface area contributed by atoms with Crippen LogP contribution in [-0.4, -0.2) is 35.9 Å². The summed E-state index contributed by atoms with van der Waals surface area (Å²) in [5, 5.41) is 17.2. The largest absolute Gasteiger partial charge is 0.292 e. The van der Waals surface area contributed by atoms with Crippen molar-refractivity contribution >= 4 is 11.9 Å². The summed E-state index contributed by atoms with van der Waals surface area (Å²) in [7, 11) is 1.65. The summed E-state index contributed by atoms with van der Waals surface area (Å²) in [6.45, 7) is 2.05. The molecule has 1 N–H and O–H groups in total. The van der Waals surface area contributed by atoms with Gasteiger partial charge in [0.05, 0.1) is 6.20 Å². The molecule has 2 aromatic rings. The Morgan fingerprint density at radius 3 is 2.94 bits per heavy atom. The van der Waals surface area contributed by atoms with Gasteiger partial charge in [0.25, 0.3) is 0 Å². The van der Waals surface area contributed by atoms with E-state index in [1.54, 1.807) is 24.1 Å². The highest BCUT2D eigenvalue weighted by atomic mass is 16.2. The van der Waals surface area contributed by atoms with Crippen LogP contribution in [-0.2, 0) is 18.4 Å². The Bertz CT molecular complexity index is 500. The topological polar surface area (TPSA) is 90.5 Å². The number of hydrogen-bond donors (Lipinski definition) is 1. The molecule has 0 bridgehead atoms. The highest BCUT2D eigenvalue weighted by molar-refractivity contribution is 5.88. The zero-order chi connectivity index (χ0) is 11.5. The Kier molecular flexibility index (Phi) is 2.63. The number of anilines is 1. The third-order valence-corrected chi connectivity index (χ3v) is 1.94. The van der Waals surface area contributed by atoms with E-state index < -0.39 is 0 Å². The number of amides is 1. The van der Waals surface area contributed by atoms with E-state index in [1.165, 1.54) is 4.68 Å². The molecule has 0 unspecified atom stereocenters. The number of aromatic nitrogens is 6. The fourth-order valence-electron chi connectivity index (χ4n) is 1.20. The van der Waals surface area contributed by atoms with Crippen LogP contribution >= 0.6 is 0 Å². The number of nitrogens with zero attached hydrogens (tertiary/aromatic N) is 6. The maximum absolute atomic E-state index is 11.6. The van der Waals surface area contributed by atoms with Crippen molar-refractivity contribution in [2.45, 2.75) is 13.5 Å². The van der Waals surface area contributed by atoms with E-state index in [0.717, 1.165) is 5.56 Å². The average Bonchev–Trinajstić information content (AvgIpc) is 2.77. The molecule has 0 aliphatic carbocycles. The lowest BCUT2D eigenvalue weighted by molar-refractivity contribution is -0.117. The Morgan fingerprint density at radius 2 is 2.38 bits per heavy atom. The first-order valence-corrected chi connectivity index (χ1v) is 4.66. The first-order valence-electron chi connectivity index (χ1n) is 4.66. The second-order valence-electron chi connectivity index (χ2n) is 3.39. The van der Waals surface area contributed by atoms with Gasteiger partial charge in [-0.05, 0) is 22.9 Å². The third-order valence-electron chi connectivity index (χ3n) is 1.94. The summed E-state index contributed by atoms with van der Waals surface area (Å²) in [4.78, 5) is 11.6. The Labute approximate surface area is 91.3 Å². The van der Waals surface area contributed by atoms with E-state index in [2.05, 4.69) is 25.9 Å². The average molecular weight is 221 g/mol. The number of rotatable bonds is 3. The fourth-order valence-corrected chi connectivity index (χ4v) is 1.20. The van der Waals surface area contributed by atoms with Gasteiger partial charge in [-0.2, -0.15) is 5.10 Å². The smallest absolute Gasteiger partial charge is 0.249 e. The van der Waals surface area contributed by atoms with Gasteiger partial charge in [0, 0.05) is 13.2 Å². The molecule has 0 saturated carbocycles. The summed E-state index contributed by atoms with van der Waals surface area (Å²) < 4.78 is 2.93. The molecule has 0 aliphatic heterocycles. The van der Waals surface area contributed by atoms with Crippen LogP contribution in [0, 0.1) is 6.92 Å². The molecule has 0 radical (unpaired) electrons. The number of hydrogen-bond acceptors (Lipinski definition) is 5. The van der Waals surface area contributed by atoms with Crippen LogP contribution in [0.2, 0.25) is 0 Å². The lowest BCUT2D eigenvalue weighted by Gasteiger charge is -2.02. The van der Waals surface area contributed by atoms with Gasteiger partial charge in [-0.25, -0.2) is 4.68 Å². The van der Waals surface area contributed by atoms with Crippen LogP contribution in [0.25, 0.3) is 0 Å². The summed E-state index contributed by atoms with van der Waals surface area (Å²) in [6.07, 6.45) is 3.48. The van der Waals surface area contributed by atoms with Crippen LogP contribution < -0.4 is 5.32 Å². The molecule has 84 valence electrons. The quantitative estimate of drug-likeness (QED) is 0.744. The Morgan fingerprint density at radius 1 is 1.56 bits per heavy atom. The maximum Gasteiger partial charge on any atom is 0.249 e. The molecule has 0 spiro atoms. The number of aryl methyl sites for hydroxylation is 2. The standard InChI is InChI=1S/C8H11N7O/c1-6-3-9-15(4-6)5-7(16)10-8-11-12-13-14(8)2/h3-4H,5H2,1-2H3,(H,10,11,13,16). The number of carbonyl (C=O) groups excluding carboxylic acids is 1. The summed E-state index contributed by atoms with van der Waals surface area (Å²) in [5.74, 6) is 0.0925. The van der Waals surface area contributed by atoms with Crippen molar-refractivity contribution in [3.63, 3.8) is 0 Å². The lowest BCUT2D eigenvalue weighted by Crippen LogP contribution is -2.21. The molecule has 0 saturated heterocycles. The van der Waals surface area contributed by atoms with E-state index in [0.29, 0.717) is 5.95 Å². The van der Waals surface area contributed by atoms with E-state index in [9.17, 15) is 4.79 Å². The zero-order valence-corrected chi connectivity index (χ0v) is 8.95. The van der Waals surface area contributed by atoms with E-state index in [-0.39, 0.29) is 12.5 Å². The Balaban J connectivity index is 1.97. The van der Waals surface area contributed by atoms with Gasteiger partial charge in [-0.15, -0.1) is 0 Å². The van der Waals surface area contributed by atoms with Crippen LogP contribution in [0.15, 0.2) is 12.4 Å². The first kappa shape index (κ1) is 10.3. The zero-order valence-electron chi connectivity index (χ0n) is 8.95. The normalized spacial score (nSPS) is 10.4. The molecule has 0 fully saturated rings. The molecule has 8 heteroatoms. The lowest BCUT2D eigenvalue weighted by atomic mass is 10.4. The predicted octanol–water partition coefficient (Wildman–Crippen LogP) is -0.646. The van der Waals surface area contributed by atoms with Gasteiger partial charge in [-0.3, -0.25) is 14.8 Å². The molecule has 0 aromatic carbocycles. The first-order chi connectivity index (χ1) is 7.65. The highest BCUT2D eigenvalue weighted by Crippen LogP contribution is 1.98. The Hall–Kier alpha value is -2.25. The van der Waals surface area contributed by atoms with Gasteiger partial charge in [0.15, 0.2) is 0 Å². The molecule has 0 atom stereocenters. The predicted molar refractivity (Wildman–Crippen MR) is 54.4 cm³/mol. The summed E-state index contributed by atoms with van der Waals surface area (Å²) >= 11 is 0. The van der Waals surface area contributed by atoms with Gasteiger partial charge in [0.1, 0.15) is 6.54 Å². The number of carbonyl (C=O) groups is 1. The van der Waals surface area contributed by atoms with Crippen LogP contribution in [0.3, 0.4) is 0 Å². The monoisotopic (exact) mass is 221 g/mol. The fraction of sp³-hybridized carbons (Fsp3) is 0.375. The van der Waals surface area contributed by atoms with E-state index >= 15 is 0 Å². The van der Waals surface area contributed by atoms with Gasteiger partial charge in [0.2, 0.25) is 11.9 Å². The minimum atomic E-state index is -0.221. The second kappa shape index (κ2) is 4.09. The molecule has 16 heavy (non-hydrogen) atoms. The van der Waals surface area contributed by atoms with E-state index in [1.807, 2.05) is 6.92 Å². The molecule has 2 aromatic heterocycles. The molecular formula is C8H11N7O. The van der Waals surface area contributed by atoms with Gasteiger partial charge < -0.3 is 0 Å². The molecule has 1 amide bonds. The van der Waals surface area contributed by atoms with Crippen molar-refractivity contribution in [3.05, 3.63) is 18.0 Å². The second-order valence-corrected chi connectivity index (χ2v) is 3.39. The van der Waals surface area contributed by atoms with Crippen molar-refractivity contribution < 1.29 is 4.79 Å². The highest BCUT2D eigenvalue weighted by Gasteiger charge is 2.08. The molecule has 2 heterocycles. The number of tetrazole rings is 1. The molecule has 0 aliphatic rings. The minimum absolute atomic E-state index is 0.140. The van der Waals surface area contributed by atoms with Gasteiger partial charge >= 0.3 is 0 Å². The summed E-state index contributed by atoms with van der Waals surface area (Å²) in [6, 6.07) is 0. The number of nitrogens with one attached hydrogen (secondary N) is 1. The molecular weight excluding hydrogens is 210 g/mol. The third kappa shape index (κ3) is 2.22. The van der Waals surface area contributed by atoms with Crippen molar-refractivity contribution in [1.82, 2.24) is 30.0 Å². The van der Waals surface area contributed by atoms with Gasteiger partial charge in [-0.1, -0.05) is 5.10 Å². The molecule has 8 nitrogen and oxygen atoms in total. The maximum atomic E-state index is 11.6. The van der Waals surface area contributed by atoms with Crippen LogP contribution in [0.1, 0.15) is 5.56 Å².